The SMILES string of the molecule is CNCc1ccc(C(C)C)cc1CNC. The van der Waals surface area contributed by atoms with E-state index in [0.29, 0.717) is 5.92 Å². The molecule has 15 heavy (non-hydrogen) atoms. The van der Waals surface area contributed by atoms with E-state index in [9.17, 15) is 0 Å². The van der Waals surface area contributed by atoms with Gasteiger partial charge in [0.25, 0.3) is 0 Å². The van der Waals surface area contributed by atoms with Gasteiger partial charge < -0.3 is 10.6 Å². The molecule has 2 heteroatoms. The smallest absolute Gasteiger partial charge is 0.0205 e. The van der Waals surface area contributed by atoms with Gasteiger partial charge in [-0.3, -0.25) is 0 Å². The summed E-state index contributed by atoms with van der Waals surface area (Å²) in [5, 5.41) is 6.42. The van der Waals surface area contributed by atoms with Gasteiger partial charge in [-0.1, -0.05) is 32.0 Å². The van der Waals surface area contributed by atoms with Crippen LogP contribution in [0.3, 0.4) is 0 Å². The van der Waals surface area contributed by atoms with Crippen LogP contribution in [-0.4, -0.2) is 14.1 Å². The fourth-order valence-corrected chi connectivity index (χ4v) is 1.72. The fraction of sp³-hybridized carbons (Fsp3) is 0.538. The van der Waals surface area contributed by atoms with Crippen molar-refractivity contribution in [3.05, 3.63) is 34.9 Å². The zero-order chi connectivity index (χ0) is 11.3. The van der Waals surface area contributed by atoms with E-state index in [1.54, 1.807) is 0 Å². The lowest BCUT2D eigenvalue weighted by Gasteiger charge is -2.13. The number of nitrogens with one attached hydrogen (secondary N) is 2. The van der Waals surface area contributed by atoms with Crippen LogP contribution in [0.4, 0.5) is 0 Å². The maximum atomic E-state index is 3.22. The van der Waals surface area contributed by atoms with Crippen molar-refractivity contribution in [1.29, 1.82) is 0 Å². The third-order valence-electron chi connectivity index (χ3n) is 2.63. The van der Waals surface area contributed by atoms with Gasteiger partial charge in [0.15, 0.2) is 0 Å². The van der Waals surface area contributed by atoms with Crippen molar-refractivity contribution >= 4 is 0 Å². The molecule has 0 spiro atoms. The predicted octanol–water partition coefficient (Wildman–Crippen LogP) is 2.25. The van der Waals surface area contributed by atoms with Crippen molar-refractivity contribution in [2.45, 2.75) is 32.9 Å². The maximum Gasteiger partial charge on any atom is 0.0205 e. The highest BCUT2D eigenvalue weighted by molar-refractivity contribution is 5.33. The molecule has 0 atom stereocenters. The average Bonchev–Trinajstić information content (AvgIpc) is 2.21. The molecule has 0 radical (unpaired) electrons. The van der Waals surface area contributed by atoms with Crippen LogP contribution in [0.25, 0.3) is 0 Å². The van der Waals surface area contributed by atoms with Crippen molar-refractivity contribution in [3.63, 3.8) is 0 Å². The molecule has 0 aliphatic carbocycles. The molecule has 1 aromatic carbocycles. The topological polar surface area (TPSA) is 24.1 Å². The van der Waals surface area contributed by atoms with Gasteiger partial charge in [0.1, 0.15) is 0 Å². The van der Waals surface area contributed by atoms with E-state index in [0.717, 1.165) is 13.1 Å². The van der Waals surface area contributed by atoms with Gasteiger partial charge in [0.05, 0.1) is 0 Å². The summed E-state index contributed by atoms with van der Waals surface area (Å²) in [6, 6.07) is 6.78. The zero-order valence-electron chi connectivity index (χ0n) is 10.2. The molecule has 0 saturated carbocycles. The second-order valence-electron chi connectivity index (χ2n) is 4.24. The quantitative estimate of drug-likeness (QED) is 0.772. The molecule has 0 aliphatic heterocycles. The maximum absolute atomic E-state index is 3.22. The first-order valence-corrected chi connectivity index (χ1v) is 5.60. The molecule has 0 saturated heterocycles. The van der Waals surface area contributed by atoms with E-state index in [1.165, 1.54) is 16.7 Å². The van der Waals surface area contributed by atoms with E-state index >= 15 is 0 Å². The van der Waals surface area contributed by atoms with Crippen LogP contribution >= 0.6 is 0 Å². The van der Waals surface area contributed by atoms with Crippen LogP contribution in [0.1, 0.15) is 36.5 Å². The van der Waals surface area contributed by atoms with Crippen molar-refractivity contribution in [2.75, 3.05) is 14.1 Å². The summed E-state index contributed by atoms with van der Waals surface area (Å²) in [5.41, 5.74) is 4.20. The molecule has 0 amide bonds. The molecular weight excluding hydrogens is 184 g/mol. The van der Waals surface area contributed by atoms with E-state index in [-0.39, 0.29) is 0 Å². The van der Waals surface area contributed by atoms with E-state index in [4.69, 9.17) is 0 Å². The molecule has 1 rings (SSSR count). The van der Waals surface area contributed by atoms with Gasteiger partial charge in [-0.2, -0.15) is 0 Å². The Bertz CT molecular complexity index is 305. The van der Waals surface area contributed by atoms with Gasteiger partial charge in [-0.15, -0.1) is 0 Å². The predicted molar refractivity (Wildman–Crippen MR) is 66.1 cm³/mol. The Kier molecular flexibility index (Phi) is 4.79. The summed E-state index contributed by atoms with van der Waals surface area (Å²) in [7, 11) is 3.98. The Balaban J connectivity index is 2.97. The van der Waals surface area contributed by atoms with Crippen LogP contribution in [0.2, 0.25) is 0 Å². The van der Waals surface area contributed by atoms with Crippen molar-refractivity contribution in [2.24, 2.45) is 0 Å². The van der Waals surface area contributed by atoms with Crippen LogP contribution < -0.4 is 10.6 Å². The lowest BCUT2D eigenvalue weighted by Crippen LogP contribution is -2.13. The lowest BCUT2D eigenvalue weighted by molar-refractivity contribution is 0.760. The largest absolute Gasteiger partial charge is 0.316 e. The molecule has 0 heterocycles. The summed E-state index contributed by atoms with van der Waals surface area (Å²) >= 11 is 0. The molecule has 2 nitrogen and oxygen atoms in total. The highest BCUT2D eigenvalue weighted by atomic mass is 14.8. The summed E-state index contributed by atoms with van der Waals surface area (Å²) in [4.78, 5) is 0. The monoisotopic (exact) mass is 206 g/mol. The van der Waals surface area contributed by atoms with E-state index in [2.05, 4.69) is 42.7 Å². The third kappa shape index (κ3) is 3.33. The Morgan fingerprint density at radius 3 is 2.13 bits per heavy atom. The molecule has 84 valence electrons. The molecule has 1 aromatic rings. The van der Waals surface area contributed by atoms with Crippen LogP contribution in [0, 0.1) is 0 Å². The highest BCUT2D eigenvalue weighted by Gasteiger charge is 2.05. The number of hydrogen-bond donors (Lipinski definition) is 2. The normalized spacial score (nSPS) is 11.0. The first-order valence-electron chi connectivity index (χ1n) is 5.60. The third-order valence-corrected chi connectivity index (χ3v) is 2.63. The van der Waals surface area contributed by atoms with E-state index < -0.39 is 0 Å². The minimum atomic E-state index is 0.601. The molecule has 0 fully saturated rings. The molecule has 0 aromatic heterocycles. The lowest BCUT2D eigenvalue weighted by atomic mass is 9.97. The second kappa shape index (κ2) is 5.89. The Hall–Kier alpha value is -0.860. The first-order chi connectivity index (χ1) is 7.19. The summed E-state index contributed by atoms with van der Waals surface area (Å²) < 4.78 is 0. The minimum Gasteiger partial charge on any atom is -0.316 e. The van der Waals surface area contributed by atoms with Gasteiger partial charge in [0, 0.05) is 13.1 Å². The number of rotatable bonds is 5. The highest BCUT2D eigenvalue weighted by Crippen LogP contribution is 2.19. The zero-order valence-corrected chi connectivity index (χ0v) is 10.2. The van der Waals surface area contributed by atoms with Gasteiger partial charge in [-0.05, 0) is 36.7 Å². The van der Waals surface area contributed by atoms with Crippen LogP contribution in [0.15, 0.2) is 18.2 Å². The standard InChI is InChI=1S/C13H22N2/c1-10(2)11-5-6-12(8-14-3)13(7-11)9-15-4/h5-7,10,14-15H,8-9H2,1-4H3. The first kappa shape index (κ1) is 12.2. The van der Waals surface area contributed by atoms with E-state index in [1.807, 2.05) is 14.1 Å². The van der Waals surface area contributed by atoms with Gasteiger partial charge in [0.2, 0.25) is 0 Å². The van der Waals surface area contributed by atoms with Crippen molar-refractivity contribution in [3.8, 4) is 0 Å². The molecule has 0 aliphatic rings. The average molecular weight is 206 g/mol. The molecule has 0 unspecified atom stereocenters. The summed E-state index contributed by atoms with van der Waals surface area (Å²) in [6.07, 6.45) is 0. The number of hydrogen-bond acceptors (Lipinski definition) is 2. The minimum absolute atomic E-state index is 0.601. The second-order valence-corrected chi connectivity index (χ2v) is 4.24. The van der Waals surface area contributed by atoms with Crippen molar-refractivity contribution in [1.82, 2.24) is 10.6 Å². The van der Waals surface area contributed by atoms with Gasteiger partial charge >= 0.3 is 0 Å². The van der Waals surface area contributed by atoms with Crippen LogP contribution in [-0.2, 0) is 13.1 Å². The Morgan fingerprint density at radius 1 is 1.00 bits per heavy atom. The Labute approximate surface area is 93.1 Å². The van der Waals surface area contributed by atoms with Crippen molar-refractivity contribution < 1.29 is 0 Å². The molecule has 2 N–H and O–H groups in total. The molecular formula is C13H22N2. The fourth-order valence-electron chi connectivity index (χ4n) is 1.72. The Morgan fingerprint density at radius 2 is 1.60 bits per heavy atom. The molecule has 0 bridgehead atoms. The summed E-state index contributed by atoms with van der Waals surface area (Å²) in [6.45, 7) is 6.35. The van der Waals surface area contributed by atoms with Gasteiger partial charge in [-0.25, -0.2) is 0 Å². The summed E-state index contributed by atoms with van der Waals surface area (Å²) in [5.74, 6) is 0.601. The number of benzene rings is 1. The van der Waals surface area contributed by atoms with Crippen LogP contribution in [0.5, 0.6) is 0 Å².